The Morgan fingerprint density at radius 2 is 1.43 bits per heavy atom. The highest BCUT2D eigenvalue weighted by Crippen LogP contribution is 2.21. The van der Waals surface area contributed by atoms with Crippen LogP contribution in [0.15, 0.2) is 18.2 Å². The molecule has 1 aromatic rings. The number of carbonyl (C=O) groups is 3. The smallest absolute Gasteiger partial charge is 0.337 e. The van der Waals surface area contributed by atoms with Gasteiger partial charge in [0.05, 0.1) is 29.7 Å². The van der Waals surface area contributed by atoms with Crippen LogP contribution in [0.3, 0.4) is 0 Å². The van der Waals surface area contributed by atoms with Crippen molar-refractivity contribution in [3.8, 4) is 0 Å². The molecule has 6 nitrogen and oxygen atoms in total. The van der Waals surface area contributed by atoms with Crippen molar-refractivity contribution in [3.63, 3.8) is 0 Å². The minimum atomic E-state index is -0.792. The minimum absolute atomic E-state index is 0.142. The normalized spacial score (nSPS) is 10.7. The molecule has 0 fully saturated rings. The van der Waals surface area contributed by atoms with E-state index in [1.807, 2.05) is 0 Å². The molecule has 1 amide bonds. The van der Waals surface area contributed by atoms with Crippen LogP contribution in [0.5, 0.6) is 0 Å². The van der Waals surface area contributed by atoms with Gasteiger partial charge in [-0.05, 0) is 32.0 Å². The fourth-order valence-corrected chi connectivity index (χ4v) is 1.55. The molecule has 0 atom stereocenters. The zero-order chi connectivity index (χ0) is 16.2. The summed E-state index contributed by atoms with van der Waals surface area (Å²) in [5.74, 6) is -1.55. The van der Waals surface area contributed by atoms with Crippen LogP contribution in [0.25, 0.3) is 0 Å². The number of benzene rings is 1. The summed E-state index contributed by atoms with van der Waals surface area (Å²) in [6, 6.07) is 4.19. The molecular formula is C14H16BrNO5. The summed E-state index contributed by atoms with van der Waals surface area (Å²) in [6.07, 6.45) is 0. The Bertz CT molecular complexity index is 543. The zero-order valence-corrected chi connectivity index (χ0v) is 13.7. The van der Waals surface area contributed by atoms with E-state index >= 15 is 0 Å². The van der Waals surface area contributed by atoms with Gasteiger partial charge in [-0.25, -0.2) is 9.59 Å². The molecule has 7 heteroatoms. The molecule has 0 bridgehead atoms. The number of alkyl halides is 1. The molecule has 0 saturated heterocycles. The Hall–Kier alpha value is -1.89. The van der Waals surface area contributed by atoms with E-state index < -0.39 is 16.3 Å². The standard InChI is InChI=1S/C14H16BrNO5/c1-14(2,15)13(19)16-10-6-8(11(17)20-3)5-9(7-10)12(18)21-4/h5-7H,1-4H3,(H,16,19). The maximum absolute atomic E-state index is 11.9. The van der Waals surface area contributed by atoms with Gasteiger partial charge in [-0.3, -0.25) is 4.79 Å². The van der Waals surface area contributed by atoms with Gasteiger partial charge in [0.15, 0.2) is 0 Å². The lowest BCUT2D eigenvalue weighted by molar-refractivity contribution is -0.117. The molecule has 1 N–H and O–H groups in total. The van der Waals surface area contributed by atoms with E-state index in [-0.39, 0.29) is 17.0 Å². The molecule has 0 aliphatic carbocycles. The molecule has 0 aliphatic heterocycles. The van der Waals surface area contributed by atoms with Gasteiger partial charge in [0.2, 0.25) is 5.91 Å². The fourth-order valence-electron chi connectivity index (χ4n) is 1.45. The first kappa shape index (κ1) is 17.2. The summed E-state index contributed by atoms with van der Waals surface area (Å²) in [7, 11) is 2.46. The molecule has 0 spiro atoms. The quantitative estimate of drug-likeness (QED) is 0.660. The van der Waals surface area contributed by atoms with Crippen LogP contribution in [0.2, 0.25) is 0 Å². The average molecular weight is 358 g/mol. The Kier molecular flexibility index (Phi) is 5.48. The van der Waals surface area contributed by atoms with E-state index in [2.05, 4.69) is 30.7 Å². The topological polar surface area (TPSA) is 81.7 Å². The van der Waals surface area contributed by atoms with Crippen LogP contribution in [0.1, 0.15) is 34.6 Å². The van der Waals surface area contributed by atoms with Gasteiger partial charge in [-0.15, -0.1) is 0 Å². The third kappa shape index (κ3) is 4.56. The summed E-state index contributed by atoms with van der Waals surface area (Å²) in [6.45, 7) is 3.35. The van der Waals surface area contributed by atoms with Gasteiger partial charge in [-0.2, -0.15) is 0 Å². The van der Waals surface area contributed by atoms with Crippen LogP contribution in [0, 0.1) is 0 Å². The van der Waals surface area contributed by atoms with E-state index in [1.54, 1.807) is 13.8 Å². The van der Waals surface area contributed by atoms with Crippen LogP contribution in [-0.4, -0.2) is 36.4 Å². The second-order valence-electron chi connectivity index (χ2n) is 4.71. The summed E-state index contributed by atoms with van der Waals surface area (Å²) in [5.41, 5.74) is 0.585. The number of carbonyl (C=O) groups excluding carboxylic acids is 3. The van der Waals surface area contributed by atoms with Gasteiger partial charge >= 0.3 is 11.9 Å². The van der Waals surface area contributed by atoms with Crippen molar-refractivity contribution in [1.82, 2.24) is 0 Å². The summed E-state index contributed by atoms with van der Waals surface area (Å²) in [5, 5.41) is 2.62. The highest BCUT2D eigenvalue weighted by molar-refractivity contribution is 9.10. The molecule has 0 radical (unpaired) electrons. The fraction of sp³-hybridized carbons (Fsp3) is 0.357. The second kappa shape index (κ2) is 6.71. The third-order valence-electron chi connectivity index (χ3n) is 2.57. The van der Waals surface area contributed by atoms with Crippen molar-refractivity contribution < 1.29 is 23.9 Å². The van der Waals surface area contributed by atoms with Crippen molar-refractivity contribution in [3.05, 3.63) is 29.3 Å². The second-order valence-corrected chi connectivity index (χ2v) is 6.69. The highest BCUT2D eigenvalue weighted by atomic mass is 79.9. The number of hydrogen-bond donors (Lipinski definition) is 1. The molecule has 114 valence electrons. The van der Waals surface area contributed by atoms with Gasteiger partial charge in [0.25, 0.3) is 0 Å². The van der Waals surface area contributed by atoms with Crippen LogP contribution in [-0.2, 0) is 14.3 Å². The number of hydrogen-bond acceptors (Lipinski definition) is 5. The third-order valence-corrected chi connectivity index (χ3v) is 2.93. The van der Waals surface area contributed by atoms with E-state index in [0.717, 1.165) is 0 Å². The molecule has 0 saturated carbocycles. The summed E-state index contributed by atoms with van der Waals surface area (Å²) >= 11 is 3.23. The number of anilines is 1. The summed E-state index contributed by atoms with van der Waals surface area (Å²) < 4.78 is 8.45. The lowest BCUT2D eigenvalue weighted by Crippen LogP contribution is -2.31. The lowest BCUT2D eigenvalue weighted by Gasteiger charge is -2.16. The van der Waals surface area contributed by atoms with Crippen molar-refractivity contribution >= 4 is 39.5 Å². The van der Waals surface area contributed by atoms with Crippen molar-refractivity contribution in [2.45, 2.75) is 18.2 Å². The van der Waals surface area contributed by atoms with Crippen LogP contribution >= 0.6 is 15.9 Å². The predicted octanol–water partition coefficient (Wildman–Crippen LogP) is 2.37. The monoisotopic (exact) mass is 357 g/mol. The molecular weight excluding hydrogens is 342 g/mol. The van der Waals surface area contributed by atoms with E-state index in [9.17, 15) is 14.4 Å². The summed E-state index contributed by atoms with van der Waals surface area (Å²) in [4.78, 5) is 35.2. The molecule has 1 rings (SSSR count). The number of methoxy groups -OCH3 is 2. The highest BCUT2D eigenvalue weighted by Gasteiger charge is 2.24. The molecule has 1 aromatic carbocycles. The number of nitrogens with one attached hydrogen (secondary N) is 1. The van der Waals surface area contributed by atoms with Gasteiger partial charge in [0.1, 0.15) is 0 Å². The maximum atomic E-state index is 11.9. The molecule has 21 heavy (non-hydrogen) atoms. The molecule has 0 unspecified atom stereocenters. The van der Waals surface area contributed by atoms with E-state index in [0.29, 0.717) is 5.69 Å². The molecule has 0 aromatic heterocycles. The number of esters is 2. The Labute approximate surface area is 130 Å². The first-order valence-corrected chi connectivity index (χ1v) is 6.80. The molecule has 0 aliphatic rings. The number of halogens is 1. The van der Waals surface area contributed by atoms with Gasteiger partial charge in [-0.1, -0.05) is 15.9 Å². The number of rotatable bonds is 4. The number of amides is 1. The maximum Gasteiger partial charge on any atom is 0.337 e. The Morgan fingerprint density at radius 1 is 1.00 bits per heavy atom. The van der Waals surface area contributed by atoms with Crippen molar-refractivity contribution in [1.29, 1.82) is 0 Å². The first-order chi connectivity index (χ1) is 9.68. The van der Waals surface area contributed by atoms with Crippen molar-refractivity contribution in [2.24, 2.45) is 0 Å². The lowest BCUT2D eigenvalue weighted by atomic mass is 10.1. The Balaban J connectivity index is 3.22. The van der Waals surface area contributed by atoms with E-state index in [4.69, 9.17) is 0 Å². The average Bonchev–Trinajstić information content (AvgIpc) is 2.44. The largest absolute Gasteiger partial charge is 0.465 e. The minimum Gasteiger partial charge on any atom is -0.465 e. The van der Waals surface area contributed by atoms with E-state index in [1.165, 1.54) is 32.4 Å². The SMILES string of the molecule is COC(=O)c1cc(NC(=O)C(C)(C)Br)cc(C(=O)OC)c1. The van der Waals surface area contributed by atoms with Crippen LogP contribution in [0.4, 0.5) is 5.69 Å². The molecule has 0 heterocycles. The van der Waals surface area contributed by atoms with Crippen molar-refractivity contribution in [2.75, 3.05) is 19.5 Å². The predicted molar refractivity (Wildman–Crippen MR) is 80.8 cm³/mol. The van der Waals surface area contributed by atoms with Gasteiger partial charge < -0.3 is 14.8 Å². The number of ether oxygens (including phenoxy) is 2. The Morgan fingerprint density at radius 3 is 1.76 bits per heavy atom. The first-order valence-electron chi connectivity index (χ1n) is 6.01. The van der Waals surface area contributed by atoms with Crippen LogP contribution < -0.4 is 5.32 Å². The van der Waals surface area contributed by atoms with Gasteiger partial charge in [0, 0.05) is 5.69 Å². The zero-order valence-electron chi connectivity index (χ0n) is 12.2.